The van der Waals surface area contributed by atoms with Crippen molar-refractivity contribution in [2.75, 3.05) is 228 Å². The number of unbranched alkanes of at least 4 members (excludes halogenated alkanes) is 2. The Labute approximate surface area is 904 Å². The van der Waals surface area contributed by atoms with Gasteiger partial charge in [-0.05, 0) is 103 Å². The van der Waals surface area contributed by atoms with Crippen LogP contribution in [-0.2, 0) is 129 Å². The minimum atomic E-state index is -0.138. The Balaban J connectivity index is -0.000000326. The van der Waals surface area contributed by atoms with Crippen molar-refractivity contribution in [2.24, 2.45) is 89.4 Å². The zero-order valence-corrected chi connectivity index (χ0v) is 97.8. The van der Waals surface area contributed by atoms with Gasteiger partial charge in [-0.25, -0.2) is 0 Å². The third kappa shape index (κ3) is 146. The highest BCUT2D eigenvalue weighted by atomic mass is 32.2. The van der Waals surface area contributed by atoms with Crippen LogP contribution in [0.4, 0.5) is 0 Å². The van der Waals surface area contributed by atoms with Gasteiger partial charge >= 0.3 is 0 Å². The molecule has 9 unspecified atom stereocenters. The van der Waals surface area contributed by atoms with Crippen LogP contribution in [0.25, 0.3) is 0 Å². The van der Waals surface area contributed by atoms with Crippen molar-refractivity contribution >= 4 is 120 Å². The van der Waals surface area contributed by atoms with Crippen LogP contribution >= 0.6 is 23.5 Å². The number of carbonyl (C=O) groups excluding carboxylic acids is 9. The molecule has 0 aromatic carbocycles. The molecule has 0 saturated heterocycles. The molecule has 0 fully saturated rings. The first-order valence-corrected chi connectivity index (χ1v) is 55.7. The number of nitrogens with one attached hydrogen (secondary N) is 9. The molecule has 0 spiro atoms. The second kappa shape index (κ2) is 125. The van der Waals surface area contributed by atoms with Gasteiger partial charge in [0, 0.05) is 139 Å². The molecule has 0 rings (SSSR count). The van der Waals surface area contributed by atoms with Gasteiger partial charge in [0.25, 0.3) is 0 Å². The maximum atomic E-state index is 11.8. The molecular formula is C104H206N16O27S2. The van der Waals surface area contributed by atoms with Crippen LogP contribution in [0, 0.1) is 53.3 Å². The summed E-state index contributed by atoms with van der Waals surface area (Å²) in [5, 5.41) is 48.7. The van der Waals surface area contributed by atoms with E-state index in [1.807, 2.05) is 0 Å². The highest BCUT2D eigenvalue weighted by Gasteiger charge is 2.16. The molecule has 0 aliphatic carbocycles. The van der Waals surface area contributed by atoms with Crippen molar-refractivity contribution in [3.8, 4) is 0 Å². The van der Waals surface area contributed by atoms with Crippen LogP contribution in [-0.4, -0.2) is 337 Å². The summed E-state index contributed by atoms with van der Waals surface area (Å²) in [5.41, 5.74) is 0. The fourth-order valence-corrected chi connectivity index (χ4v) is 10.8. The lowest BCUT2D eigenvalue weighted by Gasteiger charge is -2.20. The van der Waals surface area contributed by atoms with E-state index in [1.165, 1.54) is 79.5 Å². The first-order chi connectivity index (χ1) is 71.6. The fraction of sp³-hybridized carbons (Fsp3) is 0.846. The van der Waals surface area contributed by atoms with Crippen LogP contribution in [0.2, 0.25) is 0 Å². The molecule has 0 bridgehead atoms. The van der Waals surface area contributed by atoms with E-state index in [0.717, 1.165) is 172 Å². The predicted octanol–water partition coefficient (Wildman–Crippen LogP) is 13.8. The summed E-state index contributed by atoms with van der Waals surface area (Å²) in [6.45, 7) is 64.8. The Morgan fingerprint density at radius 1 is 0.228 bits per heavy atom. The molecule has 43 nitrogen and oxygen atoms in total. The van der Waals surface area contributed by atoms with E-state index in [4.69, 9.17) is 86.0 Å². The van der Waals surface area contributed by atoms with Crippen molar-refractivity contribution in [3.05, 3.63) is 0 Å². The van der Waals surface area contributed by atoms with Gasteiger partial charge in [-0.3, -0.25) is 43.2 Å². The standard InChI is InChI=1S/2C24H47N3O6S.2C13H26N2O3.3C10H20N2O3/c2*1-6-20(3)15-30-17-23(18-31-16-21(4)7-2)32-12-8-13-34-14-9-24(29)26-19-33-27-11-10-25-22(5)28;2*1-4-12(2)11-17-9-5-6-10-18-15-8-7-14-13(3)16;3*1-4-9(2)7-14-8-15-12-6-5-11-10(3)13/h2*11,20-21,23H,6-10,12-19H2,1-5H3,(H,25,28)(H,26,29);2*8,12H,4-7,9-11H2,1-3H3,(H,14,16);3*6,9H,4-5,7-8H2,1-3H3,(H,11,13)/b2*27-11+;2*15-8-;3*12-6+. The topological polar surface area (TPSA) is 515 Å². The quantitative estimate of drug-likeness (QED) is 0.0118. The number of ether oxygens (including phenoxy) is 11. The smallest absolute Gasteiger partial charge is 0.223 e. The molecule has 9 amide bonds. The maximum Gasteiger partial charge on any atom is 0.223 e. The Kier molecular flexibility index (Phi) is 129. The van der Waals surface area contributed by atoms with Crippen LogP contribution in [0.3, 0.4) is 0 Å². The number of nitrogens with zero attached hydrogens (tertiary/aromatic N) is 7. The molecule has 9 atom stereocenters. The maximum absolute atomic E-state index is 11.8. The van der Waals surface area contributed by atoms with Crippen molar-refractivity contribution < 1.29 is 129 Å². The monoisotopic (exact) mass is 2180 g/mol. The third-order valence-corrected chi connectivity index (χ3v) is 22.5. The van der Waals surface area contributed by atoms with E-state index in [9.17, 15) is 43.2 Å². The van der Waals surface area contributed by atoms with Crippen molar-refractivity contribution in [1.82, 2.24) is 47.9 Å². The number of rotatable bonds is 92. The minimum absolute atomic E-state index is 0.00745. The van der Waals surface area contributed by atoms with E-state index >= 15 is 0 Å². The average Bonchev–Trinajstić information content (AvgIpc) is 0.978. The fourth-order valence-electron chi connectivity index (χ4n) is 9.11. The van der Waals surface area contributed by atoms with E-state index < -0.39 is 0 Å². The normalized spacial score (nSPS) is 13.3. The zero-order valence-electron chi connectivity index (χ0n) is 96.1. The lowest BCUT2D eigenvalue weighted by molar-refractivity contribution is -0.123. The second-order valence-corrected chi connectivity index (χ2v) is 38.0. The van der Waals surface area contributed by atoms with Crippen LogP contribution in [0.15, 0.2) is 36.1 Å². The predicted molar refractivity (Wildman–Crippen MR) is 597 cm³/mol. The second-order valence-electron chi connectivity index (χ2n) is 35.6. The largest absolute Gasteiger partial charge is 0.396 e. The summed E-state index contributed by atoms with van der Waals surface area (Å²) in [6, 6.07) is 0. The Morgan fingerprint density at radius 3 is 0.651 bits per heavy atom. The van der Waals surface area contributed by atoms with Crippen LogP contribution in [0.1, 0.15) is 282 Å². The Hall–Kier alpha value is -8.22. The average molecular weight is 2180 g/mol. The van der Waals surface area contributed by atoms with Gasteiger partial charge in [0.1, 0.15) is 25.4 Å². The summed E-state index contributed by atoms with van der Waals surface area (Å²) >= 11 is 3.44. The van der Waals surface area contributed by atoms with E-state index in [0.29, 0.717) is 185 Å². The molecule has 0 heterocycles. The molecule has 0 aliphatic heterocycles. The van der Waals surface area contributed by atoms with Crippen molar-refractivity contribution in [3.63, 3.8) is 0 Å². The molecular weight excluding hydrogens is 1970 g/mol. The summed E-state index contributed by atoms with van der Waals surface area (Å²) in [5.74, 6) is 7.54. The van der Waals surface area contributed by atoms with E-state index in [1.54, 1.807) is 36.0 Å². The van der Waals surface area contributed by atoms with Gasteiger partial charge in [-0.2, -0.15) is 23.5 Å². The van der Waals surface area contributed by atoms with Gasteiger partial charge in [-0.15, -0.1) is 0 Å². The molecule has 45 heteroatoms. The number of oxime groups is 7. The molecule has 0 radical (unpaired) electrons. The molecule has 9 N–H and O–H groups in total. The van der Waals surface area contributed by atoms with Gasteiger partial charge in [0.2, 0.25) is 73.5 Å². The minimum Gasteiger partial charge on any atom is -0.396 e. The van der Waals surface area contributed by atoms with E-state index in [2.05, 4.69) is 209 Å². The van der Waals surface area contributed by atoms with Crippen molar-refractivity contribution in [1.29, 1.82) is 0 Å². The molecule has 0 saturated carbocycles. The Morgan fingerprint density at radius 2 is 0.430 bits per heavy atom. The van der Waals surface area contributed by atoms with Crippen molar-refractivity contribution in [2.45, 2.75) is 294 Å². The molecule has 0 aromatic rings. The summed E-state index contributed by atoms with van der Waals surface area (Å²) in [7, 11) is 0. The zero-order chi connectivity index (χ0) is 113. The van der Waals surface area contributed by atoms with Gasteiger partial charge in [-0.1, -0.05) is 219 Å². The third-order valence-electron chi connectivity index (χ3n) is 20.4. The summed E-state index contributed by atoms with van der Waals surface area (Å²) in [6.07, 6.45) is 26.7. The molecule has 0 aliphatic rings. The first kappa shape index (κ1) is 154. The summed E-state index contributed by atoms with van der Waals surface area (Å²) < 4.78 is 62.0. The molecule has 149 heavy (non-hydrogen) atoms. The number of amides is 9. The summed E-state index contributed by atoms with van der Waals surface area (Å²) in [4.78, 5) is 132. The number of hydrogen-bond acceptors (Lipinski definition) is 36. The molecule has 0 aromatic heterocycles. The first-order valence-electron chi connectivity index (χ1n) is 53.4. The highest BCUT2D eigenvalue weighted by Crippen LogP contribution is 2.13. The van der Waals surface area contributed by atoms with Gasteiger partial charge in [0.15, 0.2) is 13.5 Å². The van der Waals surface area contributed by atoms with Crippen LogP contribution in [0.5, 0.6) is 0 Å². The van der Waals surface area contributed by atoms with Gasteiger partial charge < -0.3 is 134 Å². The lowest BCUT2D eigenvalue weighted by atomic mass is 10.1. The SMILES string of the molecule is CCC(C)COCC(COCC(C)CC)OCCCSCCC(=O)NCO/N=C/CNC(C)=O.CCC(C)COCC(COCC(C)CC)OCCCSCCC(=O)NCO/N=C/CNC(C)=O.CCC(C)COCCCCO/N=C\CNC(C)=O.CCC(C)COCCCCO/N=C\CNC(C)=O.CCC(C)COCO/N=C/CNC(C)=O.CCC(C)COCO/N=C/CNC(C)=O.CCC(C)COCO/N=C/CNC(C)=O. The molecule has 876 valence electrons. The number of carbonyl (C=O) groups is 9. The van der Waals surface area contributed by atoms with Crippen LogP contribution < -0.4 is 47.9 Å². The number of hydrogen-bond donors (Lipinski definition) is 9. The van der Waals surface area contributed by atoms with E-state index in [-0.39, 0.29) is 99.2 Å². The lowest BCUT2D eigenvalue weighted by Crippen LogP contribution is -2.28. The highest BCUT2D eigenvalue weighted by molar-refractivity contribution is 7.99. The number of thioether (sulfide) groups is 2. The van der Waals surface area contributed by atoms with Gasteiger partial charge in [0.05, 0.1) is 136 Å². The Bertz CT molecular complexity index is 2960.